The Labute approximate surface area is 111 Å². The van der Waals surface area contributed by atoms with E-state index in [9.17, 15) is 9.90 Å². The minimum absolute atomic E-state index is 0.0519. The molecular weight excluding hydrogens is 258 g/mol. The Hall–Kier alpha value is -0.870. The second kappa shape index (κ2) is 6.77. The van der Waals surface area contributed by atoms with E-state index in [-0.39, 0.29) is 23.3 Å². The first-order chi connectivity index (χ1) is 8.04. The lowest BCUT2D eigenvalue weighted by atomic mass is 10.1. The van der Waals surface area contributed by atoms with Gasteiger partial charge in [0.1, 0.15) is 5.75 Å². The summed E-state index contributed by atoms with van der Waals surface area (Å²) in [4.78, 5) is 11.9. The van der Waals surface area contributed by atoms with E-state index in [4.69, 9.17) is 11.6 Å². The largest absolute Gasteiger partial charge is 0.507 e. The molecule has 1 amide bonds. The van der Waals surface area contributed by atoms with Gasteiger partial charge in [0.05, 0.1) is 5.56 Å². The summed E-state index contributed by atoms with van der Waals surface area (Å²) in [6.07, 6.45) is 2.92. The number of thioether (sulfide) groups is 1. The van der Waals surface area contributed by atoms with Crippen LogP contribution in [0.3, 0.4) is 0 Å². The van der Waals surface area contributed by atoms with E-state index < -0.39 is 0 Å². The molecule has 5 heteroatoms. The fraction of sp³-hybridized carbons (Fsp3) is 0.417. The van der Waals surface area contributed by atoms with Crippen LogP contribution in [0.2, 0.25) is 5.02 Å². The summed E-state index contributed by atoms with van der Waals surface area (Å²) in [7, 11) is 0. The Kier molecular flexibility index (Phi) is 5.65. The van der Waals surface area contributed by atoms with E-state index in [1.54, 1.807) is 17.8 Å². The van der Waals surface area contributed by atoms with Crippen LogP contribution in [0.15, 0.2) is 18.2 Å². The molecular formula is C12H16ClNO2S. The number of halogens is 1. The monoisotopic (exact) mass is 273 g/mol. The van der Waals surface area contributed by atoms with Crippen LogP contribution in [0.1, 0.15) is 23.7 Å². The molecule has 3 nitrogen and oxygen atoms in total. The molecule has 94 valence electrons. The van der Waals surface area contributed by atoms with Crippen molar-refractivity contribution < 1.29 is 9.90 Å². The second-order valence-corrected chi connectivity index (χ2v) is 5.24. The van der Waals surface area contributed by atoms with Crippen molar-refractivity contribution in [1.82, 2.24) is 5.32 Å². The van der Waals surface area contributed by atoms with Crippen LogP contribution in [-0.2, 0) is 0 Å². The number of phenolic OH excluding ortho intramolecular Hbond substituents is 1. The van der Waals surface area contributed by atoms with Gasteiger partial charge < -0.3 is 10.4 Å². The van der Waals surface area contributed by atoms with Crippen molar-refractivity contribution in [3.05, 3.63) is 28.8 Å². The first-order valence-corrected chi connectivity index (χ1v) is 7.10. The number of amides is 1. The molecule has 0 aliphatic rings. The number of phenols is 1. The lowest BCUT2D eigenvalue weighted by Gasteiger charge is -2.13. The number of carbonyl (C=O) groups excluding carboxylic acids is 1. The van der Waals surface area contributed by atoms with Gasteiger partial charge in [-0.15, -0.1) is 0 Å². The highest BCUT2D eigenvalue weighted by molar-refractivity contribution is 7.98. The van der Waals surface area contributed by atoms with Gasteiger partial charge in [0.25, 0.3) is 5.91 Å². The highest BCUT2D eigenvalue weighted by Crippen LogP contribution is 2.21. The average Bonchev–Trinajstić information content (AvgIpc) is 2.29. The molecule has 2 N–H and O–H groups in total. The number of aromatic hydroxyl groups is 1. The highest BCUT2D eigenvalue weighted by Gasteiger charge is 2.13. The number of nitrogens with one attached hydrogen (secondary N) is 1. The minimum atomic E-state index is -0.293. The molecule has 1 unspecified atom stereocenters. The summed E-state index contributed by atoms with van der Waals surface area (Å²) in [5, 5.41) is 12.8. The standard InChI is InChI=1S/C12H16ClNO2S/c1-8(5-6-17-2)14-12(16)10-7-9(13)3-4-11(10)15/h3-4,7-8,15H,5-6H2,1-2H3,(H,14,16). The maximum absolute atomic E-state index is 11.9. The van der Waals surface area contributed by atoms with Crippen molar-refractivity contribution in [3.63, 3.8) is 0 Å². The van der Waals surface area contributed by atoms with Gasteiger partial charge in [-0.2, -0.15) is 11.8 Å². The Bertz CT molecular complexity index is 398. The van der Waals surface area contributed by atoms with Gasteiger partial charge in [-0.1, -0.05) is 11.6 Å². The number of hydrogen-bond acceptors (Lipinski definition) is 3. The van der Waals surface area contributed by atoms with Crippen LogP contribution in [0, 0.1) is 0 Å². The SMILES string of the molecule is CSCCC(C)NC(=O)c1cc(Cl)ccc1O. The average molecular weight is 274 g/mol. The molecule has 0 heterocycles. The molecule has 0 aliphatic carbocycles. The lowest BCUT2D eigenvalue weighted by molar-refractivity contribution is 0.0937. The fourth-order valence-electron chi connectivity index (χ4n) is 1.36. The van der Waals surface area contributed by atoms with E-state index >= 15 is 0 Å². The van der Waals surface area contributed by atoms with Crippen molar-refractivity contribution in [2.75, 3.05) is 12.0 Å². The number of hydrogen-bond donors (Lipinski definition) is 2. The molecule has 0 fully saturated rings. The first kappa shape index (κ1) is 14.2. The molecule has 0 saturated carbocycles. The van der Waals surface area contributed by atoms with Crippen molar-refractivity contribution in [2.24, 2.45) is 0 Å². The van der Waals surface area contributed by atoms with E-state index in [1.807, 2.05) is 13.2 Å². The molecule has 0 aromatic heterocycles. The zero-order valence-corrected chi connectivity index (χ0v) is 11.4. The van der Waals surface area contributed by atoms with Gasteiger partial charge in [-0.3, -0.25) is 4.79 Å². The van der Waals surface area contributed by atoms with Gasteiger partial charge in [-0.25, -0.2) is 0 Å². The first-order valence-electron chi connectivity index (χ1n) is 5.33. The molecule has 0 spiro atoms. The number of benzene rings is 1. The summed E-state index contributed by atoms with van der Waals surface area (Å²) < 4.78 is 0. The topological polar surface area (TPSA) is 49.3 Å². The van der Waals surface area contributed by atoms with Crippen LogP contribution in [0.4, 0.5) is 0 Å². The highest BCUT2D eigenvalue weighted by atomic mass is 35.5. The van der Waals surface area contributed by atoms with Crippen molar-refractivity contribution in [3.8, 4) is 5.75 Å². The summed E-state index contributed by atoms with van der Waals surface area (Å²) in [5.41, 5.74) is 0.216. The molecule has 0 radical (unpaired) electrons. The summed E-state index contributed by atoms with van der Waals surface area (Å²) >= 11 is 7.52. The molecule has 0 saturated heterocycles. The molecule has 1 rings (SSSR count). The third-order valence-electron chi connectivity index (χ3n) is 2.34. The van der Waals surface area contributed by atoms with Crippen LogP contribution in [0.25, 0.3) is 0 Å². The molecule has 0 aliphatic heterocycles. The Morgan fingerprint density at radius 3 is 2.94 bits per heavy atom. The molecule has 1 atom stereocenters. The van der Waals surface area contributed by atoms with Crippen LogP contribution < -0.4 is 5.32 Å². The van der Waals surface area contributed by atoms with Gasteiger partial charge >= 0.3 is 0 Å². The van der Waals surface area contributed by atoms with E-state index in [0.29, 0.717) is 5.02 Å². The smallest absolute Gasteiger partial charge is 0.255 e. The van der Waals surface area contributed by atoms with Gasteiger partial charge in [0.2, 0.25) is 0 Å². The summed E-state index contributed by atoms with van der Waals surface area (Å²) in [6, 6.07) is 4.51. The van der Waals surface area contributed by atoms with Gasteiger partial charge in [-0.05, 0) is 43.6 Å². The van der Waals surface area contributed by atoms with Gasteiger partial charge in [0.15, 0.2) is 0 Å². The van der Waals surface area contributed by atoms with Gasteiger partial charge in [0, 0.05) is 11.1 Å². The third kappa shape index (κ3) is 4.48. The fourth-order valence-corrected chi connectivity index (χ4v) is 2.12. The predicted molar refractivity (Wildman–Crippen MR) is 73.0 cm³/mol. The lowest BCUT2D eigenvalue weighted by Crippen LogP contribution is -2.32. The van der Waals surface area contributed by atoms with Crippen molar-refractivity contribution in [2.45, 2.75) is 19.4 Å². The van der Waals surface area contributed by atoms with E-state index in [2.05, 4.69) is 5.32 Å². The maximum Gasteiger partial charge on any atom is 0.255 e. The summed E-state index contributed by atoms with van der Waals surface area (Å²) in [5.74, 6) is 0.644. The summed E-state index contributed by atoms with van der Waals surface area (Å²) in [6.45, 7) is 1.94. The van der Waals surface area contributed by atoms with Crippen molar-refractivity contribution >= 4 is 29.3 Å². The maximum atomic E-state index is 11.9. The van der Waals surface area contributed by atoms with E-state index in [1.165, 1.54) is 12.1 Å². The zero-order chi connectivity index (χ0) is 12.8. The molecule has 17 heavy (non-hydrogen) atoms. The minimum Gasteiger partial charge on any atom is -0.507 e. The Morgan fingerprint density at radius 2 is 2.29 bits per heavy atom. The molecule has 1 aromatic carbocycles. The normalized spacial score (nSPS) is 12.2. The van der Waals surface area contributed by atoms with Crippen LogP contribution in [0.5, 0.6) is 5.75 Å². The van der Waals surface area contributed by atoms with Crippen LogP contribution in [-0.4, -0.2) is 29.1 Å². The van der Waals surface area contributed by atoms with Crippen molar-refractivity contribution in [1.29, 1.82) is 0 Å². The Balaban J connectivity index is 2.66. The molecule has 0 bridgehead atoms. The zero-order valence-electron chi connectivity index (χ0n) is 9.87. The number of rotatable bonds is 5. The Morgan fingerprint density at radius 1 is 1.59 bits per heavy atom. The quantitative estimate of drug-likeness (QED) is 0.867. The van der Waals surface area contributed by atoms with Crippen LogP contribution >= 0.6 is 23.4 Å². The predicted octanol–water partition coefficient (Wildman–Crippen LogP) is 2.92. The third-order valence-corrected chi connectivity index (χ3v) is 3.21. The number of carbonyl (C=O) groups is 1. The second-order valence-electron chi connectivity index (χ2n) is 3.82. The van der Waals surface area contributed by atoms with E-state index in [0.717, 1.165) is 12.2 Å². The molecule has 1 aromatic rings.